The van der Waals surface area contributed by atoms with E-state index in [1.165, 1.54) is 10.9 Å². The van der Waals surface area contributed by atoms with E-state index in [0.29, 0.717) is 12.2 Å². The number of hydrogen-bond acceptors (Lipinski definition) is 8. The van der Waals surface area contributed by atoms with E-state index in [1.54, 1.807) is 6.92 Å². The number of H-pyrrole nitrogens is 1. The summed E-state index contributed by atoms with van der Waals surface area (Å²) in [5.41, 5.74) is 5.81. The normalized spacial score (nSPS) is 26.4. The van der Waals surface area contributed by atoms with Crippen LogP contribution in [0.3, 0.4) is 0 Å². The first-order valence-electron chi connectivity index (χ1n) is 8.81. The Morgan fingerprint density at radius 2 is 2.30 bits per heavy atom. The molecule has 1 saturated heterocycles. The molecular weight excluding hydrogens is 356 g/mol. The molecule has 0 aliphatic carbocycles. The van der Waals surface area contributed by atoms with E-state index in [-0.39, 0.29) is 11.2 Å². The smallest absolute Gasteiger partial charge is 0.279 e. The number of imidazole rings is 1. The van der Waals surface area contributed by atoms with E-state index >= 15 is 0 Å². The number of carbonyl (C=O) groups excluding carboxylic acids is 1. The van der Waals surface area contributed by atoms with Crippen LogP contribution in [-0.2, 0) is 9.53 Å². The predicted octanol–water partition coefficient (Wildman–Crippen LogP) is -1.71. The van der Waals surface area contributed by atoms with Gasteiger partial charge in [0.05, 0.1) is 19.0 Å². The second-order valence-electron chi connectivity index (χ2n) is 6.64. The third kappa shape index (κ3) is 3.58. The van der Waals surface area contributed by atoms with Gasteiger partial charge >= 0.3 is 0 Å². The summed E-state index contributed by atoms with van der Waals surface area (Å²) < 4.78 is 7.19. The Morgan fingerprint density at radius 1 is 1.56 bits per heavy atom. The number of fused-ring (bicyclic) bond motifs is 1. The number of nitrogens with two attached hydrogens (primary N) is 1. The van der Waals surface area contributed by atoms with Crippen LogP contribution in [0.1, 0.15) is 31.8 Å². The number of nitrogens with zero attached hydrogens (tertiary/aromatic N) is 3. The molecule has 1 aliphatic heterocycles. The first-order chi connectivity index (χ1) is 12.9. The minimum absolute atomic E-state index is 0.110. The van der Waals surface area contributed by atoms with Crippen LogP contribution >= 0.6 is 0 Å². The van der Waals surface area contributed by atoms with Crippen LogP contribution in [0.2, 0.25) is 0 Å². The number of carbonyl (C=O) groups is 1. The van der Waals surface area contributed by atoms with Gasteiger partial charge in [-0.2, -0.15) is 0 Å². The van der Waals surface area contributed by atoms with Gasteiger partial charge in [-0.05, 0) is 13.3 Å². The van der Waals surface area contributed by atoms with E-state index in [9.17, 15) is 19.8 Å². The maximum absolute atomic E-state index is 12.4. The molecule has 27 heavy (non-hydrogen) atoms. The molecular formula is C16H24N6O5. The molecule has 2 aromatic heterocycles. The predicted molar refractivity (Wildman–Crippen MR) is 94.7 cm³/mol. The molecule has 2 unspecified atom stereocenters. The van der Waals surface area contributed by atoms with Gasteiger partial charge in [-0.3, -0.25) is 14.2 Å². The van der Waals surface area contributed by atoms with Crippen LogP contribution in [0.15, 0.2) is 11.1 Å². The van der Waals surface area contributed by atoms with Gasteiger partial charge in [-0.25, -0.2) is 9.97 Å². The fraction of sp³-hybridized carbons (Fsp3) is 0.625. The number of aromatic nitrogens is 4. The zero-order valence-electron chi connectivity index (χ0n) is 15.1. The van der Waals surface area contributed by atoms with Crippen LogP contribution in [-0.4, -0.2) is 66.5 Å². The fourth-order valence-electron chi connectivity index (χ4n) is 3.23. The quantitative estimate of drug-likeness (QED) is 0.395. The van der Waals surface area contributed by atoms with E-state index in [4.69, 9.17) is 10.5 Å². The molecule has 11 nitrogen and oxygen atoms in total. The highest BCUT2D eigenvalue weighted by Crippen LogP contribution is 2.31. The van der Waals surface area contributed by atoms with Crippen molar-refractivity contribution in [3.05, 3.63) is 22.5 Å². The molecule has 6 N–H and O–H groups in total. The Labute approximate surface area is 154 Å². The molecule has 0 bridgehead atoms. The summed E-state index contributed by atoms with van der Waals surface area (Å²) >= 11 is 0. The highest BCUT2D eigenvalue weighted by atomic mass is 16.5. The van der Waals surface area contributed by atoms with Crippen molar-refractivity contribution in [2.24, 2.45) is 5.73 Å². The number of aliphatic hydroxyl groups is 2. The maximum atomic E-state index is 12.4. The van der Waals surface area contributed by atoms with Crippen LogP contribution < -0.4 is 16.6 Å². The molecule has 3 heterocycles. The van der Waals surface area contributed by atoms with Gasteiger partial charge in [0.1, 0.15) is 24.1 Å². The van der Waals surface area contributed by atoms with Crippen molar-refractivity contribution in [2.45, 2.75) is 57.2 Å². The molecule has 0 radical (unpaired) electrons. The summed E-state index contributed by atoms with van der Waals surface area (Å²) in [6.07, 6.45) is -0.406. The highest BCUT2D eigenvalue weighted by molar-refractivity contribution is 5.82. The van der Waals surface area contributed by atoms with E-state index in [1.807, 2.05) is 6.92 Å². The summed E-state index contributed by atoms with van der Waals surface area (Å²) in [5.74, 6) is -0.0449. The number of nitrogens with one attached hydrogen (secondary N) is 2. The van der Waals surface area contributed by atoms with Crippen molar-refractivity contribution in [3.63, 3.8) is 0 Å². The van der Waals surface area contributed by atoms with Crippen LogP contribution in [0.4, 0.5) is 0 Å². The van der Waals surface area contributed by atoms with Crippen molar-refractivity contribution in [1.29, 1.82) is 0 Å². The van der Waals surface area contributed by atoms with Gasteiger partial charge in [0, 0.05) is 0 Å². The minimum Gasteiger partial charge on any atom is -0.394 e. The summed E-state index contributed by atoms with van der Waals surface area (Å²) in [6.45, 7) is 3.10. The molecule has 1 aliphatic rings. The highest BCUT2D eigenvalue weighted by Gasteiger charge is 2.46. The SMILES string of the molecule is CCCC(N)C(=O)N[C@H]1C(O)[C@@H](CO)O[C@H]1n1cnc2c(=O)[nH]c(C)nc21. The molecule has 5 atom stereocenters. The number of rotatable bonds is 6. The number of ether oxygens (including phenoxy) is 1. The lowest BCUT2D eigenvalue weighted by Crippen LogP contribution is -2.51. The lowest BCUT2D eigenvalue weighted by atomic mass is 10.1. The second kappa shape index (κ2) is 7.72. The Balaban J connectivity index is 1.97. The summed E-state index contributed by atoms with van der Waals surface area (Å²) in [4.78, 5) is 35.3. The molecule has 0 aromatic carbocycles. The maximum Gasteiger partial charge on any atom is 0.279 e. The monoisotopic (exact) mass is 380 g/mol. The number of aromatic amines is 1. The van der Waals surface area contributed by atoms with E-state index in [2.05, 4.69) is 20.3 Å². The first kappa shape index (κ1) is 19.4. The van der Waals surface area contributed by atoms with Gasteiger partial charge in [0.15, 0.2) is 17.4 Å². The van der Waals surface area contributed by atoms with E-state index in [0.717, 1.165) is 6.42 Å². The van der Waals surface area contributed by atoms with Crippen molar-refractivity contribution < 1.29 is 19.7 Å². The Morgan fingerprint density at radius 3 is 2.96 bits per heavy atom. The third-order valence-electron chi connectivity index (χ3n) is 4.62. The molecule has 148 valence electrons. The van der Waals surface area contributed by atoms with Crippen molar-refractivity contribution in [2.75, 3.05) is 6.61 Å². The number of aryl methyl sites for hydroxylation is 1. The molecule has 11 heteroatoms. The zero-order valence-corrected chi connectivity index (χ0v) is 15.1. The number of aliphatic hydroxyl groups excluding tert-OH is 2. The van der Waals surface area contributed by atoms with Crippen LogP contribution in [0.5, 0.6) is 0 Å². The molecule has 1 amide bonds. The zero-order chi connectivity index (χ0) is 19.7. The summed E-state index contributed by atoms with van der Waals surface area (Å²) in [6, 6.07) is -1.62. The number of hydrogen-bond donors (Lipinski definition) is 5. The Kier molecular flexibility index (Phi) is 5.56. The van der Waals surface area contributed by atoms with E-state index < -0.39 is 48.6 Å². The van der Waals surface area contributed by atoms with Gasteiger partial charge in [-0.15, -0.1) is 0 Å². The molecule has 3 rings (SSSR count). The molecule has 0 spiro atoms. The average Bonchev–Trinajstić information content (AvgIpc) is 3.17. The largest absolute Gasteiger partial charge is 0.394 e. The number of amides is 1. The van der Waals surface area contributed by atoms with Gasteiger partial charge in [0.2, 0.25) is 5.91 Å². The van der Waals surface area contributed by atoms with Gasteiger partial charge in [-0.1, -0.05) is 13.3 Å². The van der Waals surface area contributed by atoms with Crippen molar-refractivity contribution in [1.82, 2.24) is 24.8 Å². The minimum atomic E-state index is -1.17. The summed E-state index contributed by atoms with van der Waals surface area (Å²) in [7, 11) is 0. The second-order valence-corrected chi connectivity index (χ2v) is 6.64. The van der Waals surface area contributed by atoms with Crippen LogP contribution in [0, 0.1) is 6.92 Å². The standard InChI is InChI=1S/C16H24N6O5/c1-3-4-8(17)14(25)21-10-12(24)9(5-23)27-16(10)22-6-18-11-13(22)19-7(2)20-15(11)26/h6,8-10,12,16,23-24H,3-5,17H2,1-2H3,(H,21,25)(H,19,20,26)/t8?,9-,10+,12?,16-/m1/s1. The summed E-state index contributed by atoms with van der Waals surface area (Å²) in [5, 5.41) is 22.7. The fourth-order valence-corrected chi connectivity index (χ4v) is 3.23. The van der Waals surface area contributed by atoms with Crippen molar-refractivity contribution in [3.8, 4) is 0 Å². The van der Waals surface area contributed by atoms with Crippen molar-refractivity contribution >= 4 is 17.1 Å². The Hall–Kier alpha value is -2.34. The lowest BCUT2D eigenvalue weighted by Gasteiger charge is -2.24. The third-order valence-corrected chi connectivity index (χ3v) is 4.62. The average molecular weight is 380 g/mol. The molecule has 1 fully saturated rings. The molecule has 0 saturated carbocycles. The topological polar surface area (TPSA) is 168 Å². The van der Waals surface area contributed by atoms with Gasteiger partial charge in [0.25, 0.3) is 5.56 Å². The first-order valence-corrected chi connectivity index (χ1v) is 8.81. The van der Waals surface area contributed by atoms with Gasteiger partial charge < -0.3 is 31.0 Å². The molecule has 2 aromatic rings. The Bertz CT molecular complexity index is 880. The lowest BCUT2D eigenvalue weighted by molar-refractivity contribution is -0.124. The van der Waals surface area contributed by atoms with Crippen LogP contribution in [0.25, 0.3) is 11.2 Å².